The van der Waals surface area contributed by atoms with Crippen molar-refractivity contribution in [2.75, 3.05) is 19.6 Å². The third kappa shape index (κ3) is 2.55. The number of hydrogen-bond donors (Lipinski definition) is 2. The Kier molecular flexibility index (Phi) is 3.72. The summed E-state index contributed by atoms with van der Waals surface area (Å²) in [6.45, 7) is 3.58. The fourth-order valence-electron chi connectivity index (χ4n) is 3.43. The number of likely N-dealkylation sites (tertiary alicyclic amines) is 1. The number of nitrogens with zero attached hydrogens (tertiary/aromatic N) is 1. The second-order valence-electron chi connectivity index (χ2n) is 5.77. The van der Waals surface area contributed by atoms with Crippen LogP contribution in [-0.2, 0) is 6.54 Å². The summed E-state index contributed by atoms with van der Waals surface area (Å²) in [6, 6.07) is 4.85. The molecule has 1 aromatic carbocycles. The molecule has 108 valence electrons. The van der Waals surface area contributed by atoms with Crippen LogP contribution in [0.2, 0.25) is 0 Å². The number of piperidine rings is 1. The summed E-state index contributed by atoms with van der Waals surface area (Å²) in [4.78, 5) is 13.5. The molecule has 5 heteroatoms. The summed E-state index contributed by atoms with van der Waals surface area (Å²) in [7, 11) is 0. The number of carbonyl (C=O) groups excluding carboxylic acids is 1. The molecule has 3 rings (SSSR count). The molecule has 2 aliphatic heterocycles. The highest BCUT2D eigenvalue weighted by atomic mass is 19.1. The third-order valence-corrected chi connectivity index (χ3v) is 4.50. The van der Waals surface area contributed by atoms with Gasteiger partial charge in [-0.15, -0.1) is 0 Å². The van der Waals surface area contributed by atoms with Gasteiger partial charge in [-0.1, -0.05) is 0 Å². The Morgan fingerprint density at radius 3 is 3.10 bits per heavy atom. The van der Waals surface area contributed by atoms with Crippen molar-refractivity contribution in [1.82, 2.24) is 10.2 Å². The molecule has 3 N–H and O–H groups in total. The monoisotopic (exact) mass is 277 g/mol. The van der Waals surface area contributed by atoms with Crippen LogP contribution in [0.1, 0.15) is 28.8 Å². The maximum Gasteiger partial charge on any atom is 0.248 e. The molecule has 2 unspecified atom stereocenters. The summed E-state index contributed by atoms with van der Waals surface area (Å²) in [6.07, 6.45) is 2.40. The van der Waals surface area contributed by atoms with Crippen LogP contribution in [0.4, 0.5) is 4.39 Å². The number of nitrogens with two attached hydrogens (primary N) is 1. The molecule has 1 amide bonds. The Hall–Kier alpha value is -1.46. The number of carbonyl (C=O) groups is 1. The average molecular weight is 277 g/mol. The maximum absolute atomic E-state index is 13.9. The highest BCUT2D eigenvalue weighted by Crippen LogP contribution is 2.28. The molecule has 0 bridgehead atoms. The fraction of sp³-hybridized carbons (Fsp3) is 0.533. The minimum absolute atomic E-state index is 0.261. The molecule has 0 aromatic heterocycles. The van der Waals surface area contributed by atoms with Gasteiger partial charge in [0.05, 0.1) is 0 Å². The van der Waals surface area contributed by atoms with Gasteiger partial charge in [-0.05, 0) is 50.0 Å². The van der Waals surface area contributed by atoms with Crippen LogP contribution in [-0.4, -0.2) is 36.5 Å². The number of rotatable bonds is 3. The van der Waals surface area contributed by atoms with E-state index in [1.54, 1.807) is 6.07 Å². The first-order valence-electron chi connectivity index (χ1n) is 7.18. The van der Waals surface area contributed by atoms with Crippen LogP contribution >= 0.6 is 0 Å². The van der Waals surface area contributed by atoms with Crippen molar-refractivity contribution in [2.45, 2.75) is 25.4 Å². The van der Waals surface area contributed by atoms with Crippen molar-refractivity contribution in [3.8, 4) is 0 Å². The smallest absolute Gasteiger partial charge is 0.248 e. The van der Waals surface area contributed by atoms with Crippen molar-refractivity contribution in [1.29, 1.82) is 0 Å². The topological polar surface area (TPSA) is 58.4 Å². The molecule has 1 aromatic rings. The Morgan fingerprint density at radius 1 is 1.45 bits per heavy atom. The predicted molar refractivity (Wildman–Crippen MR) is 74.7 cm³/mol. The minimum Gasteiger partial charge on any atom is -0.366 e. The second-order valence-corrected chi connectivity index (χ2v) is 5.77. The zero-order valence-electron chi connectivity index (χ0n) is 11.4. The highest BCUT2D eigenvalue weighted by molar-refractivity contribution is 5.92. The van der Waals surface area contributed by atoms with Gasteiger partial charge in [-0.25, -0.2) is 4.39 Å². The van der Waals surface area contributed by atoms with Crippen molar-refractivity contribution in [3.05, 3.63) is 35.1 Å². The number of nitrogens with one attached hydrogen (secondary N) is 1. The number of amides is 1. The zero-order valence-corrected chi connectivity index (χ0v) is 11.4. The molecule has 0 spiro atoms. The van der Waals surface area contributed by atoms with E-state index in [4.69, 9.17) is 5.73 Å². The van der Waals surface area contributed by atoms with Crippen LogP contribution in [0.5, 0.6) is 0 Å². The Bertz CT molecular complexity index is 520. The molecule has 2 aliphatic rings. The Balaban J connectivity index is 1.79. The fourth-order valence-corrected chi connectivity index (χ4v) is 3.43. The van der Waals surface area contributed by atoms with E-state index in [1.807, 2.05) is 0 Å². The quantitative estimate of drug-likeness (QED) is 0.870. The maximum atomic E-state index is 13.9. The summed E-state index contributed by atoms with van der Waals surface area (Å²) < 4.78 is 13.9. The summed E-state index contributed by atoms with van der Waals surface area (Å²) in [5.74, 6) is -0.0977. The van der Waals surface area contributed by atoms with Crippen LogP contribution < -0.4 is 11.1 Å². The average Bonchev–Trinajstić information content (AvgIpc) is 2.90. The van der Waals surface area contributed by atoms with Crippen LogP contribution in [0, 0.1) is 11.7 Å². The molecule has 2 saturated heterocycles. The van der Waals surface area contributed by atoms with Gasteiger partial charge in [-0.2, -0.15) is 0 Å². The lowest BCUT2D eigenvalue weighted by Crippen LogP contribution is -2.44. The van der Waals surface area contributed by atoms with E-state index in [9.17, 15) is 9.18 Å². The number of hydrogen-bond acceptors (Lipinski definition) is 3. The highest BCUT2D eigenvalue weighted by Gasteiger charge is 2.34. The van der Waals surface area contributed by atoms with Crippen molar-refractivity contribution >= 4 is 5.91 Å². The van der Waals surface area contributed by atoms with E-state index >= 15 is 0 Å². The van der Waals surface area contributed by atoms with Crippen molar-refractivity contribution < 1.29 is 9.18 Å². The lowest BCUT2D eigenvalue weighted by Gasteiger charge is -2.37. The van der Waals surface area contributed by atoms with E-state index in [2.05, 4.69) is 10.2 Å². The van der Waals surface area contributed by atoms with Crippen LogP contribution in [0.3, 0.4) is 0 Å². The molecule has 4 nitrogen and oxygen atoms in total. The first-order valence-corrected chi connectivity index (χ1v) is 7.18. The van der Waals surface area contributed by atoms with Gasteiger partial charge in [-0.3, -0.25) is 9.69 Å². The van der Waals surface area contributed by atoms with Gasteiger partial charge < -0.3 is 11.1 Å². The van der Waals surface area contributed by atoms with E-state index in [0.717, 1.165) is 26.1 Å². The van der Waals surface area contributed by atoms with Crippen LogP contribution in [0.25, 0.3) is 0 Å². The van der Waals surface area contributed by atoms with Gasteiger partial charge >= 0.3 is 0 Å². The molecule has 2 atom stereocenters. The number of fused-ring (bicyclic) bond motifs is 1. The SMILES string of the molecule is NC(=O)c1ccc(F)c(CN2CCCC3CNCC32)c1. The summed E-state index contributed by atoms with van der Waals surface area (Å²) in [5.41, 5.74) is 6.20. The number of halogens is 1. The van der Waals surface area contributed by atoms with E-state index < -0.39 is 5.91 Å². The molecule has 0 aliphatic carbocycles. The standard InChI is InChI=1S/C15H20FN3O/c16-13-4-3-10(15(17)20)6-12(13)9-19-5-1-2-11-7-18-8-14(11)19/h3-4,6,11,14,18H,1-2,5,7-9H2,(H2,17,20). The van der Waals surface area contributed by atoms with Gasteiger partial charge in [0.25, 0.3) is 0 Å². The summed E-state index contributed by atoms with van der Waals surface area (Å²) >= 11 is 0. The summed E-state index contributed by atoms with van der Waals surface area (Å²) in [5, 5.41) is 3.41. The zero-order chi connectivity index (χ0) is 14.1. The lowest BCUT2D eigenvalue weighted by atomic mass is 9.91. The predicted octanol–water partition coefficient (Wildman–Crippen LogP) is 1.11. The second kappa shape index (κ2) is 5.50. The van der Waals surface area contributed by atoms with E-state index in [1.165, 1.54) is 18.6 Å². The van der Waals surface area contributed by atoms with Gasteiger partial charge in [0, 0.05) is 30.3 Å². The molecule has 2 heterocycles. The molecular formula is C15H20FN3O. The van der Waals surface area contributed by atoms with E-state index in [-0.39, 0.29) is 5.82 Å². The van der Waals surface area contributed by atoms with E-state index in [0.29, 0.717) is 29.6 Å². The van der Waals surface area contributed by atoms with Gasteiger partial charge in [0.1, 0.15) is 5.82 Å². The number of primary amides is 1. The van der Waals surface area contributed by atoms with Gasteiger partial charge in [0.2, 0.25) is 5.91 Å². The molecular weight excluding hydrogens is 257 g/mol. The number of benzene rings is 1. The Labute approximate surface area is 118 Å². The molecule has 20 heavy (non-hydrogen) atoms. The largest absolute Gasteiger partial charge is 0.366 e. The van der Waals surface area contributed by atoms with Gasteiger partial charge in [0.15, 0.2) is 0 Å². The van der Waals surface area contributed by atoms with Crippen molar-refractivity contribution in [3.63, 3.8) is 0 Å². The Morgan fingerprint density at radius 2 is 2.30 bits per heavy atom. The third-order valence-electron chi connectivity index (χ3n) is 4.50. The van der Waals surface area contributed by atoms with Crippen LogP contribution in [0.15, 0.2) is 18.2 Å². The van der Waals surface area contributed by atoms with Crippen molar-refractivity contribution in [2.24, 2.45) is 11.7 Å². The minimum atomic E-state index is -0.509. The first kappa shape index (κ1) is 13.5. The first-order chi connectivity index (χ1) is 9.65. The molecule has 0 radical (unpaired) electrons. The normalized spacial score (nSPS) is 26.4. The molecule has 0 saturated carbocycles. The molecule has 2 fully saturated rings. The lowest BCUT2D eigenvalue weighted by molar-refractivity contribution is 0.0999.